The highest BCUT2D eigenvalue weighted by atomic mass is 16.3. The van der Waals surface area contributed by atoms with Crippen molar-refractivity contribution >= 4 is 83.7 Å². The summed E-state index contributed by atoms with van der Waals surface area (Å²) in [6, 6.07) is 67.4. The summed E-state index contributed by atoms with van der Waals surface area (Å²) in [6.45, 7) is -0.0615. The molecule has 9 aromatic carbocycles. The minimum atomic E-state index is -0.0615. The van der Waals surface area contributed by atoms with Crippen molar-refractivity contribution < 1.29 is 4.42 Å². The van der Waals surface area contributed by atoms with E-state index in [1.807, 2.05) is 0 Å². The molecule has 16 rings (SSSR count). The van der Waals surface area contributed by atoms with E-state index in [9.17, 15) is 0 Å². The zero-order chi connectivity index (χ0) is 38.8. The second-order valence-electron chi connectivity index (χ2n) is 16.9. The summed E-state index contributed by atoms with van der Waals surface area (Å²) >= 11 is 0. The number of imidazole rings is 1. The van der Waals surface area contributed by atoms with Gasteiger partial charge >= 0.3 is 0 Å². The van der Waals surface area contributed by atoms with Gasteiger partial charge in [0.25, 0.3) is 0 Å². The summed E-state index contributed by atoms with van der Waals surface area (Å²) in [6.07, 6.45) is 0. The number of para-hydroxylation sites is 1. The van der Waals surface area contributed by atoms with Crippen LogP contribution < -0.4 is 16.4 Å². The van der Waals surface area contributed by atoms with Crippen LogP contribution in [-0.2, 0) is 0 Å². The van der Waals surface area contributed by atoms with E-state index >= 15 is 0 Å². The molecule has 0 spiro atoms. The molecular weight excluding hydrogens is 729 g/mol. The molecule has 276 valence electrons. The monoisotopic (exact) mass is 761 g/mol. The number of rotatable bonds is 2. The first-order valence-corrected chi connectivity index (χ1v) is 21.0. The lowest BCUT2D eigenvalue weighted by molar-refractivity contribution is 0.666. The molecule has 4 nitrogen and oxygen atoms in total. The molecule has 0 amide bonds. The van der Waals surface area contributed by atoms with Gasteiger partial charge in [0.15, 0.2) is 5.58 Å². The smallest absolute Gasteiger partial charge is 0.247 e. The minimum absolute atomic E-state index is 0.0615. The molecule has 12 aromatic rings. The van der Waals surface area contributed by atoms with E-state index in [2.05, 4.69) is 191 Å². The minimum Gasteiger partial charge on any atom is -0.454 e. The second-order valence-corrected chi connectivity index (χ2v) is 16.9. The fraction of sp³-hybridized carbons (Fsp3) is 0.0364. The van der Waals surface area contributed by atoms with Crippen molar-refractivity contribution in [1.29, 1.82) is 0 Å². The van der Waals surface area contributed by atoms with E-state index in [0.29, 0.717) is 0 Å². The van der Waals surface area contributed by atoms with E-state index in [4.69, 9.17) is 9.40 Å². The Bertz CT molecular complexity index is 3820. The molecule has 5 heteroatoms. The summed E-state index contributed by atoms with van der Waals surface area (Å²) < 4.78 is 11.9. The zero-order valence-electron chi connectivity index (χ0n) is 32.3. The zero-order valence-corrected chi connectivity index (χ0v) is 32.3. The van der Waals surface area contributed by atoms with Gasteiger partial charge in [-0.1, -0.05) is 163 Å². The Labute approximate surface area is 344 Å². The lowest BCUT2D eigenvalue weighted by Gasteiger charge is -2.42. The molecule has 4 heterocycles. The quantitative estimate of drug-likeness (QED) is 0.165. The van der Waals surface area contributed by atoms with Crippen LogP contribution in [0.25, 0.3) is 77.4 Å². The van der Waals surface area contributed by atoms with Crippen molar-refractivity contribution in [3.8, 4) is 16.8 Å². The predicted molar refractivity (Wildman–Crippen MR) is 246 cm³/mol. The Morgan fingerprint density at radius 2 is 1.18 bits per heavy atom. The third-order valence-corrected chi connectivity index (χ3v) is 14.1. The normalized spacial score (nSPS) is 16.0. The molecule has 0 saturated heterocycles. The number of furan rings is 1. The second kappa shape index (κ2) is 11.1. The van der Waals surface area contributed by atoms with Crippen molar-refractivity contribution in [1.82, 2.24) is 14.0 Å². The van der Waals surface area contributed by atoms with Gasteiger partial charge in [0.2, 0.25) is 12.5 Å². The SMILES string of the molecule is c1ccc(-c2ccccc2B2c3ccc4c(oc5ccccc54)c3-n3c4c2ccc2cccc(c24)n2c4cc5c(cc4nc32)C2c3ccccc3C5c3ccccc32)cc1. The molecule has 4 aliphatic rings. The van der Waals surface area contributed by atoms with Crippen LogP contribution in [0.3, 0.4) is 0 Å². The largest absolute Gasteiger partial charge is 0.454 e. The van der Waals surface area contributed by atoms with Crippen LogP contribution in [0.5, 0.6) is 0 Å². The fourth-order valence-electron chi connectivity index (χ4n) is 11.8. The van der Waals surface area contributed by atoms with Crippen molar-refractivity contribution in [2.75, 3.05) is 0 Å². The molecule has 0 N–H and O–H groups in total. The van der Waals surface area contributed by atoms with E-state index < -0.39 is 0 Å². The first kappa shape index (κ1) is 31.4. The van der Waals surface area contributed by atoms with Crippen molar-refractivity contribution in [3.63, 3.8) is 0 Å². The third-order valence-electron chi connectivity index (χ3n) is 14.1. The molecule has 0 radical (unpaired) electrons. The van der Waals surface area contributed by atoms with Crippen LogP contribution in [0.15, 0.2) is 186 Å². The van der Waals surface area contributed by atoms with Gasteiger partial charge in [-0.3, -0.25) is 8.97 Å². The predicted octanol–water partition coefficient (Wildman–Crippen LogP) is 11.0. The maximum absolute atomic E-state index is 7.03. The Morgan fingerprint density at radius 1 is 0.500 bits per heavy atom. The highest BCUT2D eigenvalue weighted by Crippen LogP contribution is 2.56. The molecule has 3 aromatic heterocycles. The van der Waals surface area contributed by atoms with Gasteiger partial charge < -0.3 is 4.42 Å². The fourth-order valence-corrected chi connectivity index (χ4v) is 11.8. The highest BCUT2D eigenvalue weighted by molar-refractivity contribution is 6.99. The molecular formula is C55H32BN3O. The van der Waals surface area contributed by atoms with E-state index in [1.165, 1.54) is 77.2 Å². The summed E-state index contributed by atoms with van der Waals surface area (Å²) in [7, 11) is 0. The summed E-state index contributed by atoms with van der Waals surface area (Å²) in [4.78, 5) is 5.74. The molecule has 0 unspecified atom stereocenters. The van der Waals surface area contributed by atoms with E-state index in [-0.39, 0.29) is 18.5 Å². The number of hydrogen-bond donors (Lipinski definition) is 0. The summed E-state index contributed by atoms with van der Waals surface area (Å²) in [5, 5.41) is 4.67. The lowest BCUT2D eigenvalue weighted by atomic mass is 9.34. The molecule has 0 saturated carbocycles. The molecule has 3 aliphatic carbocycles. The molecule has 0 atom stereocenters. The third kappa shape index (κ3) is 3.77. The maximum atomic E-state index is 7.03. The van der Waals surface area contributed by atoms with Gasteiger partial charge in [0.1, 0.15) is 5.58 Å². The topological polar surface area (TPSA) is 35.4 Å². The van der Waals surface area contributed by atoms with E-state index in [0.717, 1.165) is 50.0 Å². The van der Waals surface area contributed by atoms with Crippen molar-refractivity contribution in [2.45, 2.75) is 11.8 Å². The summed E-state index contributed by atoms with van der Waals surface area (Å²) in [5.41, 5.74) is 21.9. The van der Waals surface area contributed by atoms with Gasteiger partial charge in [-0.2, -0.15) is 0 Å². The van der Waals surface area contributed by atoms with Crippen LogP contribution in [0.4, 0.5) is 0 Å². The van der Waals surface area contributed by atoms with Crippen molar-refractivity contribution in [3.05, 3.63) is 215 Å². The first-order valence-electron chi connectivity index (χ1n) is 21.0. The van der Waals surface area contributed by atoms with E-state index in [1.54, 1.807) is 0 Å². The van der Waals surface area contributed by atoms with Gasteiger partial charge in [-0.05, 0) is 85.1 Å². The highest BCUT2D eigenvalue weighted by Gasteiger charge is 2.42. The average molecular weight is 762 g/mol. The van der Waals surface area contributed by atoms with Crippen LogP contribution in [-0.4, -0.2) is 20.7 Å². The van der Waals surface area contributed by atoms with Gasteiger partial charge in [0.05, 0.1) is 27.8 Å². The summed E-state index contributed by atoms with van der Waals surface area (Å²) in [5.74, 6) is 1.23. The first-order chi connectivity index (χ1) is 29.8. The number of fused-ring (bicyclic) bond motifs is 11. The molecule has 0 fully saturated rings. The molecule has 60 heavy (non-hydrogen) atoms. The van der Waals surface area contributed by atoms with Crippen LogP contribution in [0.1, 0.15) is 45.2 Å². The Morgan fingerprint density at radius 3 is 1.98 bits per heavy atom. The standard InChI is InChI=1S/C55H32BN3O/c1-2-13-31(14-3-1)33-16-8-10-22-42(33)56-43-27-25-32-15-12-23-46-49(32)52(43)59(53-44(56)28-26-39-34-17-9-11-24-48(34)60-54(39)53)55-57-45-29-40-41(30-47(45)58(46)55)51-37-20-6-4-18-35(37)50(40)36-19-5-7-21-38(36)51/h1-30,50-51H. The van der Waals surface area contributed by atoms with Crippen LogP contribution >= 0.6 is 0 Å². The lowest BCUT2D eigenvalue weighted by Crippen LogP contribution is -2.57. The number of hydrogen-bond acceptors (Lipinski definition) is 2. The molecule has 1 aliphatic heterocycles. The Balaban J connectivity index is 1.12. The molecule has 2 bridgehead atoms. The number of benzene rings is 9. The van der Waals surface area contributed by atoms with Crippen LogP contribution in [0.2, 0.25) is 0 Å². The number of nitrogens with zero attached hydrogens (tertiary/aromatic N) is 3. The van der Waals surface area contributed by atoms with Crippen LogP contribution in [0, 0.1) is 0 Å². The Hall–Kier alpha value is -7.63. The maximum Gasteiger partial charge on any atom is 0.247 e. The van der Waals surface area contributed by atoms with Gasteiger partial charge in [-0.25, -0.2) is 4.98 Å². The Kier molecular flexibility index (Phi) is 5.80. The van der Waals surface area contributed by atoms with Crippen molar-refractivity contribution in [2.24, 2.45) is 0 Å². The van der Waals surface area contributed by atoms with Gasteiger partial charge in [0, 0.05) is 28.0 Å². The van der Waals surface area contributed by atoms with Gasteiger partial charge in [-0.15, -0.1) is 0 Å². The average Bonchev–Trinajstić information content (AvgIpc) is 3.88. The number of aromatic nitrogens is 3.